The number of carbonyl (C=O) groups is 1. The largest absolute Gasteiger partial charge is 0.497 e. The molecule has 0 spiro atoms. The molecule has 146 valence electrons. The second-order valence-electron chi connectivity index (χ2n) is 6.29. The van der Waals surface area contributed by atoms with Gasteiger partial charge in [-0.25, -0.2) is 4.68 Å². The Morgan fingerprint density at radius 1 is 1.18 bits per heavy atom. The summed E-state index contributed by atoms with van der Waals surface area (Å²) in [6.45, 7) is 2.70. The molecule has 28 heavy (non-hydrogen) atoms. The summed E-state index contributed by atoms with van der Waals surface area (Å²) >= 11 is 6.05. The van der Waals surface area contributed by atoms with Crippen molar-refractivity contribution in [2.45, 2.75) is 6.92 Å². The molecule has 7 heteroatoms. The lowest BCUT2D eigenvalue weighted by molar-refractivity contribution is 0.0773. The van der Waals surface area contributed by atoms with Gasteiger partial charge < -0.3 is 14.4 Å². The molecule has 1 heterocycles. The Balaban J connectivity index is 1.61. The molecule has 0 saturated carbocycles. The lowest BCUT2D eigenvalue weighted by atomic mass is 10.2. The van der Waals surface area contributed by atoms with Gasteiger partial charge in [0.15, 0.2) is 0 Å². The van der Waals surface area contributed by atoms with Gasteiger partial charge in [-0.15, -0.1) is 0 Å². The quantitative estimate of drug-likeness (QED) is 0.602. The van der Waals surface area contributed by atoms with Crippen molar-refractivity contribution in [2.75, 3.05) is 27.3 Å². The van der Waals surface area contributed by atoms with Crippen molar-refractivity contribution in [3.8, 4) is 17.2 Å². The van der Waals surface area contributed by atoms with Crippen LogP contribution >= 0.6 is 11.6 Å². The molecule has 3 rings (SSSR count). The fourth-order valence-electron chi connectivity index (χ4n) is 2.77. The monoisotopic (exact) mass is 399 g/mol. The molecule has 3 aromatic rings. The molecule has 1 amide bonds. The van der Waals surface area contributed by atoms with Gasteiger partial charge in [0.2, 0.25) is 0 Å². The van der Waals surface area contributed by atoms with Crippen molar-refractivity contribution >= 4 is 17.5 Å². The molecule has 0 aliphatic rings. The van der Waals surface area contributed by atoms with Crippen molar-refractivity contribution in [1.82, 2.24) is 14.7 Å². The first-order valence-electron chi connectivity index (χ1n) is 8.82. The van der Waals surface area contributed by atoms with Crippen molar-refractivity contribution in [2.24, 2.45) is 0 Å². The highest BCUT2D eigenvalue weighted by molar-refractivity contribution is 6.30. The number of methoxy groups -OCH3 is 1. The first-order valence-corrected chi connectivity index (χ1v) is 9.20. The number of rotatable bonds is 7. The zero-order chi connectivity index (χ0) is 20.1. The molecular formula is C21H22ClN3O3. The highest BCUT2D eigenvalue weighted by Gasteiger charge is 2.18. The molecule has 2 aromatic carbocycles. The average molecular weight is 400 g/mol. The number of ether oxygens (including phenoxy) is 2. The summed E-state index contributed by atoms with van der Waals surface area (Å²) in [4.78, 5) is 14.4. The molecule has 0 aliphatic heterocycles. The summed E-state index contributed by atoms with van der Waals surface area (Å²) in [5.74, 6) is 1.39. The summed E-state index contributed by atoms with van der Waals surface area (Å²) in [6.07, 6.45) is 1.58. The number of carbonyl (C=O) groups excluding carboxylic acids is 1. The number of nitrogens with zero attached hydrogens (tertiary/aromatic N) is 3. The van der Waals surface area contributed by atoms with Gasteiger partial charge in [-0.2, -0.15) is 5.10 Å². The predicted octanol–water partition coefficient (Wildman–Crippen LogP) is 3.99. The van der Waals surface area contributed by atoms with E-state index in [4.69, 9.17) is 21.1 Å². The number of likely N-dealkylation sites (N-methyl/N-ethyl adjacent to an activating group) is 1. The van der Waals surface area contributed by atoms with E-state index < -0.39 is 0 Å². The average Bonchev–Trinajstić information content (AvgIpc) is 3.09. The van der Waals surface area contributed by atoms with Crippen molar-refractivity contribution < 1.29 is 14.3 Å². The minimum Gasteiger partial charge on any atom is -0.497 e. The summed E-state index contributed by atoms with van der Waals surface area (Å²) in [5, 5.41) is 4.96. The van der Waals surface area contributed by atoms with Gasteiger partial charge in [0.05, 0.1) is 36.8 Å². The van der Waals surface area contributed by atoms with Crippen molar-refractivity contribution in [3.63, 3.8) is 0 Å². The van der Waals surface area contributed by atoms with Gasteiger partial charge in [0, 0.05) is 12.1 Å². The van der Waals surface area contributed by atoms with Crippen LogP contribution in [0.15, 0.2) is 54.7 Å². The second kappa shape index (κ2) is 8.80. The maximum Gasteiger partial charge on any atom is 0.257 e. The van der Waals surface area contributed by atoms with Gasteiger partial charge >= 0.3 is 0 Å². The van der Waals surface area contributed by atoms with Gasteiger partial charge in [-0.3, -0.25) is 4.79 Å². The van der Waals surface area contributed by atoms with E-state index in [2.05, 4.69) is 5.10 Å². The smallest absolute Gasteiger partial charge is 0.257 e. The lowest BCUT2D eigenvalue weighted by Gasteiger charge is -2.17. The maximum absolute atomic E-state index is 12.8. The fourth-order valence-corrected chi connectivity index (χ4v) is 2.95. The van der Waals surface area contributed by atoms with Crippen LogP contribution in [-0.2, 0) is 0 Å². The van der Waals surface area contributed by atoms with Crippen molar-refractivity contribution in [1.29, 1.82) is 0 Å². The molecule has 0 unspecified atom stereocenters. The Morgan fingerprint density at radius 3 is 2.57 bits per heavy atom. The zero-order valence-electron chi connectivity index (χ0n) is 16.1. The van der Waals surface area contributed by atoms with Crippen LogP contribution in [0.4, 0.5) is 0 Å². The first kappa shape index (κ1) is 19.8. The van der Waals surface area contributed by atoms with Crippen molar-refractivity contribution in [3.05, 3.63) is 71.0 Å². The fraction of sp³-hybridized carbons (Fsp3) is 0.238. The van der Waals surface area contributed by atoms with Gasteiger partial charge in [0.1, 0.15) is 18.1 Å². The molecule has 0 bridgehead atoms. The third-order valence-corrected chi connectivity index (χ3v) is 4.63. The second-order valence-corrected chi connectivity index (χ2v) is 6.72. The van der Waals surface area contributed by atoms with Crippen LogP contribution in [0.3, 0.4) is 0 Å². The number of halogens is 1. The molecule has 1 aromatic heterocycles. The highest BCUT2D eigenvalue weighted by Crippen LogP contribution is 2.19. The van der Waals surface area contributed by atoms with Crippen LogP contribution in [0.5, 0.6) is 11.5 Å². The summed E-state index contributed by atoms with van der Waals surface area (Å²) in [5.41, 5.74) is 2.12. The van der Waals surface area contributed by atoms with E-state index in [0.29, 0.717) is 23.7 Å². The van der Waals surface area contributed by atoms with Crippen LogP contribution in [0, 0.1) is 6.92 Å². The number of benzene rings is 2. The van der Waals surface area contributed by atoms with E-state index >= 15 is 0 Å². The van der Waals surface area contributed by atoms with E-state index in [1.54, 1.807) is 36.0 Å². The Hall–Kier alpha value is -2.99. The van der Waals surface area contributed by atoms with Gasteiger partial charge in [-0.05, 0) is 49.4 Å². The molecule has 6 nitrogen and oxygen atoms in total. The Morgan fingerprint density at radius 2 is 1.89 bits per heavy atom. The molecular weight excluding hydrogens is 378 g/mol. The standard InChI is InChI=1S/C21H22ClN3O3/c1-15-20(14-23-25(15)17-6-4-5-16(22)13-17)21(26)24(2)11-12-28-19-9-7-18(27-3)8-10-19/h4-10,13-14H,11-12H2,1-3H3. The van der Waals surface area contributed by atoms with Gasteiger partial charge in [-0.1, -0.05) is 17.7 Å². The number of amides is 1. The summed E-state index contributed by atoms with van der Waals surface area (Å²) in [6, 6.07) is 14.7. The Kier molecular flexibility index (Phi) is 6.21. The Labute approximate surface area is 169 Å². The van der Waals surface area contributed by atoms with Crippen LogP contribution < -0.4 is 9.47 Å². The van der Waals surface area contributed by atoms with Gasteiger partial charge in [0.25, 0.3) is 5.91 Å². The minimum absolute atomic E-state index is 0.107. The molecule has 0 aliphatic carbocycles. The zero-order valence-corrected chi connectivity index (χ0v) is 16.8. The normalized spacial score (nSPS) is 10.6. The van der Waals surface area contributed by atoms with Crippen LogP contribution in [0.1, 0.15) is 16.1 Å². The number of hydrogen-bond acceptors (Lipinski definition) is 4. The molecule has 0 atom stereocenters. The van der Waals surface area contributed by atoms with E-state index in [-0.39, 0.29) is 5.91 Å². The first-order chi connectivity index (χ1) is 13.5. The number of hydrogen-bond donors (Lipinski definition) is 0. The summed E-state index contributed by atoms with van der Waals surface area (Å²) in [7, 11) is 3.36. The predicted molar refractivity (Wildman–Crippen MR) is 109 cm³/mol. The minimum atomic E-state index is -0.107. The molecule has 0 saturated heterocycles. The molecule has 0 fully saturated rings. The topological polar surface area (TPSA) is 56.6 Å². The Bertz CT molecular complexity index is 954. The third kappa shape index (κ3) is 4.46. The SMILES string of the molecule is COc1ccc(OCCN(C)C(=O)c2cnn(-c3cccc(Cl)c3)c2C)cc1. The highest BCUT2D eigenvalue weighted by atomic mass is 35.5. The van der Waals surface area contributed by atoms with Crippen LogP contribution in [-0.4, -0.2) is 47.9 Å². The summed E-state index contributed by atoms with van der Waals surface area (Å²) < 4.78 is 12.5. The van der Waals surface area contributed by atoms with Crippen LogP contribution in [0.2, 0.25) is 5.02 Å². The number of aromatic nitrogens is 2. The van der Waals surface area contributed by atoms with Crippen LogP contribution in [0.25, 0.3) is 5.69 Å². The van der Waals surface area contributed by atoms with E-state index in [0.717, 1.165) is 22.9 Å². The molecule has 0 radical (unpaired) electrons. The maximum atomic E-state index is 12.8. The third-order valence-electron chi connectivity index (χ3n) is 4.39. The molecule has 0 N–H and O–H groups in total. The van der Waals surface area contributed by atoms with E-state index in [9.17, 15) is 4.79 Å². The van der Waals surface area contributed by atoms with E-state index in [1.807, 2.05) is 49.4 Å². The lowest BCUT2D eigenvalue weighted by Crippen LogP contribution is -2.31. The van der Waals surface area contributed by atoms with E-state index in [1.165, 1.54) is 0 Å².